The Balaban J connectivity index is 2.96. The maximum atomic E-state index is 8.76. The first-order valence-electron chi connectivity index (χ1n) is 4.06. The van der Waals surface area contributed by atoms with Gasteiger partial charge in [-0.05, 0) is 25.7 Å². The zero-order valence-corrected chi connectivity index (χ0v) is 9.03. The van der Waals surface area contributed by atoms with Gasteiger partial charge in [-0.2, -0.15) is 5.26 Å². The first-order valence-corrected chi connectivity index (χ1v) is 7.47. The van der Waals surface area contributed by atoms with Gasteiger partial charge in [-0.15, -0.1) is 0 Å². The van der Waals surface area contributed by atoms with Crippen LogP contribution in [0.3, 0.4) is 0 Å². The molecule has 0 radical (unpaired) electrons. The molecule has 0 saturated heterocycles. The molecule has 0 amide bonds. The van der Waals surface area contributed by atoms with Gasteiger partial charge in [-0.3, -0.25) is 4.98 Å². The lowest BCUT2D eigenvalue weighted by Crippen LogP contribution is -2.29. The number of hydrogen-bond donors (Lipinski definition) is 0. The SMILES string of the molecule is C[Si](C)(C)Oc1ccncc1C#N. The van der Waals surface area contributed by atoms with Gasteiger partial charge >= 0.3 is 0 Å². The minimum atomic E-state index is -1.62. The van der Waals surface area contributed by atoms with Crippen molar-refractivity contribution in [1.82, 2.24) is 4.98 Å². The van der Waals surface area contributed by atoms with E-state index in [0.717, 1.165) is 0 Å². The van der Waals surface area contributed by atoms with Gasteiger partial charge in [0.15, 0.2) is 0 Å². The Morgan fingerprint density at radius 1 is 1.46 bits per heavy atom. The van der Waals surface area contributed by atoms with Crippen molar-refractivity contribution in [3.63, 3.8) is 0 Å². The predicted octanol–water partition coefficient (Wildman–Crippen LogP) is 2.17. The molecule has 0 aromatic carbocycles. The summed E-state index contributed by atoms with van der Waals surface area (Å²) in [5, 5.41) is 8.76. The lowest BCUT2D eigenvalue weighted by molar-refractivity contribution is 0.554. The Morgan fingerprint density at radius 2 is 2.15 bits per heavy atom. The average molecular weight is 192 g/mol. The Bertz CT molecular complexity index is 338. The van der Waals surface area contributed by atoms with Crippen molar-refractivity contribution in [2.75, 3.05) is 0 Å². The smallest absolute Gasteiger partial charge is 0.242 e. The first-order chi connectivity index (χ1) is 6.03. The molecule has 0 fully saturated rings. The Morgan fingerprint density at radius 3 is 2.69 bits per heavy atom. The van der Waals surface area contributed by atoms with Gasteiger partial charge in [0.05, 0.1) is 0 Å². The fourth-order valence-electron chi connectivity index (χ4n) is 0.885. The molecule has 4 heteroatoms. The van der Waals surface area contributed by atoms with Gasteiger partial charge in [-0.1, -0.05) is 0 Å². The molecule has 1 heterocycles. The van der Waals surface area contributed by atoms with E-state index in [0.29, 0.717) is 11.3 Å². The molecule has 0 N–H and O–H groups in total. The molecule has 0 spiro atoms. The van der Waals surface area contributed by atoms with E-state index in [1.165, 1.54) is 6.20 Å². The molecule has 3 nitrogen and oxygen atoms in total. The molecule has 1 aromatic heterocycles. The van der Waals surface area contributed by atoms with Crippen LogP contribution >= 0.6 is 0 Å². The lowest BCUT2D eigenvalue weighted by Gasteiger charge is -2.19. The molecule has 1 aromatic rings. The van der Waals surface area contributed by atoms with E-state index in [-0.39, 0.29) is 0 Å². The molecule has 68 valence electrons. The minimum absolute atomic E-state index is 0.505. The highest BCUT2D eigenvalue weighted by Crippen LogP contribution is 2.19. The number of hydrogen-bond acceptors (Lipinski definition) is 3. The second kappa shape index (κ2) is 3.58. The first kappa shape index (κ1) is 9.74. The molecule has 13 heavy (non-hydrogen) atoms. The lowest BCUT2D eigenvalue weighted by atomic mass is 10.3. The van der Waals surface area contributed by atoms with Crippen LogP contribution in [0.5, 0.6) is 5.75 Å². The van der Waals surface area contributed by atoms with Crippen LogP contribution < -0.4 is 4.43 Å². The molecule has 0 saturated carbocycles. The van der Waals surface area contributed by atoms with Crippen molar-refractivity contribution in [3.05, 3.63) is 24.0 Å². The molecular formula is C9H12N2OSi. The molecule has 0 aliphatic carbocycles. The standard InChI is InChI=1S/C9H12N2OSi/c1-13(2,3)12-9-4-5-11-7-8(9)6-10/h4-5,7H,1-3H3. The van der Waals surface area contributed by atoms with Gasteiger partial charge in [0, 0.05) is 12.4 Å². The van der Waals surface area contributed by atoms with Gasteiger partial charge in [0.25, 0.3) is 0 Å². The van der Waals surface area contributed by atoms with Crippen LogP contribution in [0.4, 0.5) is 0 Å². The van der Waals surface area contributed by atoms with Crippen molar-refractivity contribution in [2.24, 2.45) is 0 Å². The summed E-state index contributed by atoms with van der Waals surface area (Å²) in [6, 6.07) is 3.79. The van der Waals surface area contributed by atoms with E-state index >= 15 is 0 Å². The quantitative estimate of drug-likeness (QED) is 0.675. The monoisotopic (exact) mass is 192 g/mol. The number of rotatable bonds is 2. The molecule has 0 aliphatic heterocycles. The maximum absolute atomic E-state index is 8.76. The number of aromatic nitrogens is 1. The normalized spacial score (nSPS) is 10.6. The van der Waals surface area contributed by atoms with Gasteiger partial charge in [0.2, 0.25) is 8.32 Å². The third-order valence-corrected chi connectivity index (χ3v) is 2.15. The highest BCUT2D eigenvalue weighted by Gasteiger charge is 2.17. The van der Waals surface area contributed by atoms with Crippen molar-refractivity contribution in [2.45, 2.75) is 19.6 Å². The summed E-state index contributed by atoms with van der Waals surface area (Å²) in [6.45, 7) is 6.23. The maximum Gasteiger partial charge on any atom is 0.242 e. The van der Waals surface area contributed by atoms with Crippen LogP contribution in [-0.4, -0.2) is 13.3 Å². The fourth-order valence-corrected chi connectivity index (χ4v) is 1.72. The second-order valence-corrected chi connectivity index (χ2v) is 8.13. The van der Waals surface area contributed by atoms with E-state index in [4.69, 9.17) is 9.69 Å². The van der Waals surface area contributed by atoms with Crippen molar-refractivity contribution >= 4 is 8.32 Å². The zero-order valence-electron chi connectivity index (χ0n) is 8.03. The molecule has 1 rings (SSSR count). The summed E-state index contributed by atoms with van der Waals surface area (Å²) in [5.41, 5.74) is 0.505. The van der Waals surface area contributed by atoms with Crippen LogP contribution in [0, 0.1) is 11.3 Å². The summed E-state index contributed by atoms with van der Waals surface area (Å²) in [7, 11) is -1.62. The number of nitrogens with zero attached hydrogens (tertiary/aromatic N) is 2. The van der Waals surface area contributed by atoms with Gasteiger partial charge < -0.3 is 4.43 Å². The largest absolute Gasteiger partial charge is 0.543 e. The molecule has 0 bridgehead atoms. The molecular weight excluding hydrogens is 180 g/mol. The highest BCUT2D eigenvalue weighted by atomic mass is 28.4. The number of nitriles is 1. The minimum Gasteiger partial charge on any atom is -0.543 e. The number of pyridine rings is 1. The van der Waals surface area contributed by atoms with Crippen LogP contribution in [0.15, 0.2) is 18.5 Å². The highest BCUT2D eigenvalue weighted by molar-refractivity contribution is 6.70. The summed E-state index contributed by atoms with van der Waals surface area (Å²) in [5.74, 6) is 0.650. The fraction of sp³-hybridized carbons (Fsp3) is 0.333. The van der Waals surface area contributed by atoms with E-state index < -0.39 is 8.32 Å². The Labute approximate surface area is 79.1 Å². The third-order valence-electron chi connectivity index (χ3n) is 1.32. The molecule has 0 aliphatic rings. The predicted molar refractivity (Wildman–Crippen MR) is 52.9 cm³/mol. The summed E-state index contributed by atoms with van der Waals surface area (Å²) >= 11 is 0. The topological polar surface area (TPSA) is 45.9 Å². The van der Waals surface area contributed by atoms with Crippen molar-refractivity contribution in [1.29, 1.82) is 5.26 Å². The third kappa shape index (κ3) is 2.88. The van der Waals surface area contributed by atoms with Crippen LogP contribution in [0.1, 0.15) is 5.56 Å². The van der Waals surface area contributed by atoms with Crippen LogP contribution in [0.2, 0.25) is 19.6 Å². The van der Waals surface area contributed by atoms with E-state index in [1.807, 2.05) is 0 Å². The Kier molecular flexibility index (Phi) is 2.68. The molecule has 0 unspecified atom stereocenters. The summed E-state index contributed by atoms with van der Waals surface area (Å²) in [4.78, 5) is 3.86. The summed E-state index contributed by atoms with van der Waals surface area (Å²) in [6.07, 6.45) is 3.16. The van der Waals surface area contributed by atoms with Crippen molar-refractivity contribution in [3.8, 4) is 11.8 Å². The van der Waals surface area contributed by atoms with Crippen LogP contribution in [0.25, 0.3) is 0 Å². The Hall–Kier alpha value is -1.34. The summed E-state index contributed by atoms with van der Waals surface area (Å²) < 4.78 is 5.70. The van der Waals surface area contributed by atoms with Crippen molar-refractivity contribution < 1.29 is 4.43 Å². The van der Waals surface area contributed by atoms with Gasteiger partial charge in [0.1, 0.15) is 17.4 Å². The van der Waals surface area contributed by atoms with E-state index in [9.17, 15) is 0 Å². The van der Waals surface area contributed by atoms with E-state index in [1.54, 1.807) is 12.3 Å². The molecule has 0 atom stereocenters. The van der Waals surface area contributed by atoms with Crippen LogP contribution in [-0.2, 0) is 0 Å². The second-order valence-electron chi connectivity index (χ2n) is 3.70. The average Bonchev–Trinajstić information content (AvgIpc) is 2.02. The van der Waals surface area contributed by atoms with Gasteiger partial charge in [-0.25, -0.2) is 0 Å². The zero-order chi connectivity index (χ0) is 9.90. The van der Waals surface area contributed by atoms with E-state index in [2.05, 4.69) is 30.7 Å².